The van der Waals surface area contributed by atoms with Gasteiger partial charge in [-0.25, -0.2) is 0 Å². The Bertz CT molecular complexity index is 648. The number of anilines is 2. The summed E-state index contributed by atoms with van der Waals surface area (Å²) in [6.07, 6.45) is -3.48. The monoisotopic (exact) mass is 292 g/mol. The summed E-state index contributed by atoms with van der Waals surface area (Å²) in [5.74, 6) is 0. The van der Waals surface area contributed by atoms with E-state index in [0.717, 1.165) is 47.6 Å². The summed E-state index contributed by atoms with van der Waals surface area (Å²) in [6.45, 7) is 1.43. The van der Waals surface area contributed by atoms with Gasteiger partial charge < -0.3 is 10.6 Å². The van der Waals surface area contributed by atoms with Crippen LogP contribution in [0, 0.1) is 0 Å². The van der Waals surface area contributed by atoms with E-state index in [9.17, 15) is 13.2 Å². The van der Waals surface area contributed by atoms with Gasteiger partial charge in [-0.15, -0.1) is 0 Å². The number of nitrogen functional groups attached to an aromatic ring is 1. The highest BCUT2D eigenvalue weighted by Gasteiger charge is 2.30. The van der Waals surface area contributed by atoms with E-state index in [0.29, 0.717) is 6.54 Å². The first-order chi connectivity index (χ1) is 9.95. The molecule has 0 saturated heterocycles. The highest BCUT2D eigenvalue weighted by Crippen LogP contribution is 2.32. The van der Waals surface area contributed by atoms with Crippen molar-refractivity contribution in [1.82, 2.24) is 0 Å². The predicted molar refractivity (Wildman–Crippen MR) is 77.1 cm³/mol. The lowest BCUT2D eigenvalue weighted by molar-refractivity contribution is -0.137. The quantitative estimate of drug-likeness (QED) is 0.809. The van der Waals surface area contributed by atoms with E-state index in [-0.39, 0.29) is 0 Å². The molecule has 0 atom stereocenters. The van der Waals surface area contributed by atoms with E-state index < -0.39 is 11.7 Å². The maximum atomic E-state index is 12.6. The minimum Gasteiger partial charge on any atom is -0.398 e. The molecule has 0 aliphatic carbocycles. The summed E-state index contributed by atoms with van der Waals surface area (Å²) in [5.41, 5.74) is 9.22. The van der Waals surface area contributed by atoms with Gasteiger partial charge in [0.1, 0.15) is 0 Å². The number of fused-ring (bicyclic) bond motifs is 1. The molecule has 0 aromatic heterocycles. The molecule has 1 aliphatic heterocycles. The van der Waals surface area contributed by atoms with Gasteiger partial charge in [-0.1, -0.05) is 12.1 Å². The Balaban J connectivity index is 1.83. The van der Waals surface area contributed by atoms with Gasteiger partial charge in [0, 0.05) is 24.5 Å². The standard InChI is InChI=1S/C16H15F3N2/c17-16(18,19)12-4-6-13(7-5-12)21-9-8-14-11(10-21)2-1-3-15(14)20/h1-7H,8-10,20H2. The molecule has 2 aromatic rings. The normalized spacial score (nSPS) is 14.9. The van der Waals surface area contributed by atoms with Crippen LogP contribution in [0.2, 0.25) is 0 Å². The largest absolute Gasteiger partial charge is 0.416 e. The number of benzene rings is 2. The van der Waals surface area contributed by atoms with Gasteiger partial charge in [-0.3, -0.25) is 0 Å². The number of alkyl halides is 3. The average molecular weight is 292 g/mol. The zero-order valence-electron chi connectivity index (χ0n) is 11.3. The Morgan fingerprint density at radius 3 is 2.38 bits per heavy atom. The number of hydrogen-bond acceptors (Lipinski definition) is 2. The lowest BCUT2D eigenvalue weighted by atomic mass is 9.97. The maximum absolute atomic E-state index is 12.6. The second kappa shape index (κ2) is 4.98. The Morgan fingerprint density at radius 1 is 1.00 bits per heavy atom. The van der Waals surface area contributed by atoms with Gasteiger partial charge >= 0.3 is 6.18 Å². The lowest BCUT2D eigenvalue weighted by Gasteiger charge is -2.31. The van der Waals surface area contributed by atoms with E-state index in [1.165, 1.54) is 12.1 Å². The fourth-order valence-corrected chi connectivity index (χ4v) is 2.72. The molecule has 0 radical (unpaired) electrons. The van der Waals surface area contributed by atoms with Gasteiger partial charge in [0.05, 0.1) is 5.56 Å². The summed E-state index contributed by atoms with van der Waals surface area (Å²) in [4.78, 5) is 2.07. The van der Waals surface area contributed by atoms with Crippen molar-refractivity contribution in [1.29, 1.82) is 0 Å². The van der Waals surface area contributed by atoms with Crippen LogP contribution in [0.3, 0.4) is 0 Å². The lowest BCUT2D eigenvalue weighted by Crippen LogP contribution is -2.30. The average Bonchev–Trinajstić information content (AvgIpc) is 2.46. The fourth-order valence-electron chi connectivity index (χ4n) is 2.72. The molecule has 0 fully saturated rings. The highest BCUT2D eigenvalue weighted by atomic mass is 19.4. The molecule has 5 heteroatoms. The van der Waals surface area contributed by atoms with Gasteiger partial charge in [0.25, 0.3) is 0 Å². The first-order valence-electron chi connectivity index (χ1n) is 6.73. The van der Waals surface area contributed by atoms with Crippen LogP contribution in [-0.2, 0) is 19.1 Å². The summed E-state index contributed by atoms with van der Waals surface area (Å²) in [7, 11) is 0. The van der Waals surface area contributed by atoms with Crippen molar-refractivity contribution in [2.75, 3.05) is 17.2 Å². The van der Waals surface area contributed by atoms with Gasteiger partial charge in [0.2, 0.25) is 0 Å². The van der Waals surface area contributed by atoms with Crippen molar-refractivity contribution in [3.63, 3.8) is 0 Å². The summed E-state index contributed by atoms with van der Waals surface area (Å²) >= 11 is 0. The number of nitrogens with zero attached hydrogens (tertiary/aromatic N) is 1. The van der Waals surface area contributed by atoms with Gasteiger partial charge in [-0.2, -0.15) is 13.2 Å². The fraction of sp³-hybridized carbons (Fsp3) is 0.250. The maximum Gasteiger partial charge on any atom is 0.416 e. The molecule has 0 saturated carbocycles. The van der Waals surface area contributed by atoms with Crippen LogP contribution in [0.1, 0.15) is 16.7 Å². The van der Waals surface area contributed by atoms with Crippen LogP contribution < -0.4 is 10.6 Å². The smallest absolute Gasteiger partial charge is 0.398 e. The minimum absolute atomic E-state index is 0.618. The van der Waals surface area contributed by atoms with Crippen molar-refractivity contribution in [3.05, 3.63) is 59.2 Å². The highest BCUT2D eigenvalue weighted by molar-refractivity contribution is 5.56. The van der Waals surface area contributed by atoms with E-state index in [2.05, 4.69) is 4.90 Å². The minimum atomic E-state index is -4.29. The Hall–Kier alpha value is -2.17. The Morgan fingerprint density at radius 2 is 1.71 bits per heavy atom. The summed E-state index contributed by atoms with van der Waals surface area (Å²) in [5, 5.41) is 0. The van der Waals surface area contributed by atoms with Crippen LogP contribution in [0.4, 0.5) is 24.5 Å². The Labute approximate surface area is 121 Å². The second-order valence-corrected chi connectivity index (χ2v) is 5.20. The first-order valence-corrected chi connectivity index (χ1v) is 6.73. The molecule has 0 bridgehead atoms. The molecule has 3 rings (SSSR count). The number of rotatable bonds is 1. The third kappa shape index (κ3) is 2.68. The molecule has 1 aliphatic rings. The van der Waals surface area contributed by atoms with Crippen molar-refractivity contribution in [3.8, 4) is 0 Å². The van der Waals surface area contributed by atoms with Crippen LogP contribution in [0.15, 0.2) is 42.5 Å². The molecule has 21 heavy (non-hydrogen) atoms. The molecule has 110 valence electrons. The van der Waals surface area contributed by atoms with E-state index in [4.69, 9.17) is 5.73 Å². The number of hydrogen-bond donors (Lipinski definition) is 1. The van der Waals surface area contributed by atoms with Crippen LogP contribution in [0.25, 0.3) is 0 Å². The van der Waals surface area contributed by atoms with Crippen LogP contribution in [-0.4, -0.2) is 6.54 Å². The molecule has 2 nitrogen and oxygen atoms in total. The first kappa shape index (κ1) is 13.8. The third-order valence-electron chi connectivity index (χ3n) is 3.86. The molecular formula is C16H15F3N2. The third-order valence-corrected chi connectivity index (χ3v) is 3.86. The van der Waals surface area contributed by atoms with Crippen LogP contribution >= 0.6 is 0 Å². The van der Waals surface area contributed by atoms with Crippen LogP contribution in [0.5, 0.6) is 0 Å². The molecule has 2 aromatic carbocycles. The molecule has 0 amide bonds. The predicted octanol–water partition coefficient (Wildman–Crippen LogP) is 3.85. The number of halogens is 3. The molecular weight excluding hydrogens is 277 g/mol. The molecule has 0 spiro atoms. The molecule has 2 N–H and O–H groups in total. The topological polar surface area (TPSA) is 29.3 Å². The van der Waals surface area contributed by atoms with Crippen molar-refractivity contribution in [2.24, 2.45) is 0 Å². The van der Waals surface area contributed by atoms with Crippen molar-refractivity contribution < 1.29 is 13.2 Å². The van der Waals surface area contributed by atoms with Gasteiger partial charge in [0.15, 0.2) is 0 Å². The van der Waals surface area contributed by atoms with Gasteiger partial charge in [-0.05, 0) is 47.9 Å². The summed E-state index contributed by atoms with van der Waals surface area (Å²) < 4.78 is 37.7. The van der Waals surface area contributed by atoms with E-state index >= 15 is 0 Å². The SMILES string of the molecule is Nc1cccc2c1CCN(c1ccc(C(F)(F)F)cc1)C2. The zero-order chi connectivity index (χ0) is 15.0. The summed E-state index contributed by atoms with van der Waals surface area (Å²) in [6, 6.07) is 11.1. The molecule has 0 unspecified atom stereocenters. The molecule has 1 heterocycles. The van der Waals surface area contributed by atoms with E-state index in [1.54, 1.807) is 0 Å². The number of nitrogens with two attached hydrogens (primary N) is 1. The van der Waals surface area contributed by atoms with Crippen molar-refractivity contribution >= 4 is 11.4 Å². The second-order valence-electron chi connectivity index (χ2n) is 5.20. The zero-order valence-corrected chi connectivity index (χ0v) is 11.3. The Kier molecular flexibility index (Phi) is 3.27. The van der Waals surface area contributed by atoms with Crippen molar-refractivity contribution in [2.45, 2.75) is 19.1 Å². The van der Waals surface area contributed by atoms with E-state index in [1.807, 2.05) is 18.2 Å².